The number of rotatable bonds is 8. The molecular formula is C37H56ClN5O4. The molecule has 0 atom stereocenters. The molecule has 5 rings (SSSR count). The number of hydrogen-bond donors (Lipinski definition) is 3. The van der Waals surface area contributed by atoms with Gasteiger partial charge in [-0.3, -0.25) is 9.69 Å². The molecule has 3 aromatic rings. The van der Waals surface area contributed by atoms with E-state index >= 15 is 0 Å². The number of ether oxygens (including phenoxy) is 1. The van der Waals surface area contributed by atoms with Crippen molar-refractivity contribution >= 4 is 17.6 Å². The fourth-order valence-electron chi connectivity index (χ4n) is 5.72. The van der Waals surface area contributed by atoms with E-state index in [1.165, 1.54) is 37.7 Å². The van der Waals surface area contributed by atoms with Gasteiger partial charge in [0.2, 0.25) is 5.82 Å². The topological polar surface area (TPSA) is 141 Å². The van der Waals surface area contributed by atoms with Crippen LogP contribution in [-0.4, -0.2) is 64.0 Å². The van der Waals surface area contributed by atoms with Crippen molar-refractivity contribution in [2.24, 2.45) is 16.9 Å². The number of likely N-dealkylation sites (tertiary alicyclic amines) is 1. The fourth-order valence-corrected chi connectivity index (χ4v) is 6.05. The minimum Gasteiger partial charge on any atom is -0.481 e. The van der Waals surface area contributed by atoms with Gasteiger partial charge in [0.05, 0.1) is 12.0 Å². The first-order valence-corrected chi connectivity index (χ1v) is 17.1. The highest BCUT2D eigenvalue weighted by Crippen LogP contribution is 2.38. The Kier molecular flexibility index (Phi) is 14.0. The Morgan fingerprint density at radius 1 is 0.979 bits per heavy atom. The molecule has 0 radical (unpaired) electrons. The second-order valence-corrected chi connectivity index (χ2v) is 15.6. The van der Waals surface area contributed by atoms with Gasteiger partial charge >= 0.3 is 5.97 Å². The minimum absolute atomic E-state index is 0. The van der Waals surface area contributed by atoms with E-state index in [-0.39, 0.29) is 17.7 Å². The Labute approximate surface area is 286 Å². The standard InChI is InChI=1S/C29H34ClN3O4.2C4H11N/c1-36-19-29(28(34)35)13-15-33(16-14-29)18-20-7-9-22(10-8-20)26-31-27(37-32-26)23-11-12-24(25(30)17-23)21-5-3-2-4-6-21;2*1-4(2,3)5/h7-12,17,21H,2-6,13-16,18-19H2,1H3,(H,34,35);2*5H2,1-3H3. The highest BCUT2D eigenvalue weighted by Gasteiger charge is 2.41. The molecule has 1 saturated carbocycles. The number of piperidine rings is 1. The second-order valence-electron chi connectivity index (χ2n) is 15.2. The zero-order chi connectivity index (χ0) is 34.8. The van der Waals surface area contributed by atoms with E-state index in [1.54, 1.807) is 7.11 Å². The van der Waals surface area contributed by atoms with Crippen LogP contribution in [-0.2, 0) is 16.1 Å². The summed E-state index contributed by atoms with van der Waals surface area (Å²) in [6, 6.07) is 14.2. The summed E-state index contributed by atoms with van der Waals surface area (Å²) in [6.45, 7) is 14.3. The summed E-state index contributed by atoms with van der Waals surface area (Å²) < 4.78 is 10.8. The van der Waals surface area contributed by atoms with Crippen molar-refractivity contribution < 1.29 is 19.2 Å². The van der Waals surface area contributed by atoms with Gasteiger partial charge in [-0.05, 0) is 109 Å². The number of carbonyl (C=O) groups is 1. The highest BCUT2D eigenvalue weighted by atomic mass is 35.5. The molecular weight excluding hydrogens is 614 g/mol. The van der Waals surface area contributed by atoms with Gasteiger partial charge in [-0.15, -0.1) is 0 Å². The molecule has 1 aliphatic carbocycles. The maximum absolute atomic E-state index is 11.8. The smallest absolute Gasteiger partial charge is 0.312 e. The van der Waals surface area contributed by atoms with Gasteiger partial charge in [0.15, 0.2) is 0 Å². The SMILES string of the molecule is CC(C)(C)N.CC(C)(C)N.COCC1(C(=O)O)CCN(Cc2ccc(-c3noc(-c4ccc(C5CCCCC5)c(Cl)c4)n3)cc2)CC1. The summed E-state index contributed by atoms with van der Waals surface area (Å²) in [5, 5.41) is 14.6. The fraction of sp³-hybridized carbons (Fsp3) is 0.595. The first-order chi connectivity index (χ1) is 22.0. The van der Waals surface area contributed by atoms with E-state index in [9.17, 15) is 9.90 Å². The third kappa shape index (κ3) is 13.0. The predicted molar refractivity (Wildman–Crippen MR) is 190 cm³/mol. The molecule has 10 heteroatoms. The number of carboxylic acids is 1. The van der Waals surface area contributed by atoms with Crippen molar-refractivity contribution in [3.05, 3.63) is 58.6 Å². The molecule has 0 bridgehead atoms. The van der Waals surface area contributed by atoms with Crippen LogP contribution in [0, 0.1) is 5.41 Å². The average Bonchev–Trinajstić information content (AvgIpc) is 3.48. The van der Waals surface area contributed by atoms with Crippen LogP contribution in [0.5, 0.6) is 0 Å². The van der Waals surface area contributed by atoms with Crippen LogP contribution in [0.15, 0.2) is 47.0 Å². The molecule has 47 heavy (non-hydrogen) atoms. The van der Waals surface area contributed by atoms with Crippen molar-refractivity contribution in [3.8, 4) is 22.8 Å². The van der Waals surface area contributed by atoms with E-state index in [1.807, 2.05) is 65.8 Å². The van der Waals surface area contributed by atoms with Gasteiger partial charge in [0.1, 0.15) is 0 Å². The quantitative estimate of drug-likeness (QED) is 0.218. The van der Waals surface area contributed by atoms with Crippen LogP contribution in [0.3, 0.4) is 0 Å². The van der Waals surface area contributed by atoms with Crippen LogP contribution < -0.4 is 11.5 Å². The molecule has 9 nitrogen and oxygen atoms in total. The first-order valence-electron chi connectivity index (χ1n) is 16.7. The molecule has 1 aromatic heterocycles. The molecule has 0 unspecified atom stereocenters. The Morgan fingerprint density at radius 2 is 1.53 bits per heavy atom. The van der Waals surface area contributed by atoms with Gasteiger partial charge in [-0.25, -0.2) is 0 Å². The highest BCUT2D eigenvalue weighted by molar-refractivity contribution is 6.31. The third-order valence-corrected chi connectivity index (χ3v) is 8.35. The summed E-state index contributed by atoms with van der Waals surface area (Å²) in [5.74, 6) is 0.780. The monoisotopic (exact) mass is 669 g/mol. The summed E-state index contributed by atoms with van der Waals surface area (Å²) in [4.78, 5) is 18.7. The molecule has 2 aromatic carbocycles. The van der Waals surface area contributed by atoms with Crippen LogP contribution in [0.2, 0.25) is 5.02 Å². The number of nitrogens with zero attached hydrogens (tertiary/aromatic N) is 3. The lowest BCUT2D eigenvalue weighted by atomic mass is 9.79. The van der Waals surface area contributed by atoms with Crippen LogP contribution in [0.1, 0.15) is 104 Å². The van der Waals surface area contributed by atoms with Crippen LogP contribution >= 0.6 is 11.6 Å². The second kappa shape index (κ2) is 17.0. The summed E-state index contributed by atoms with van der Waals surface area (Å²) >= 11 is 6.65. The number of nitrogens with two attached hydrogens (primary N) is 2. The van der Waals surface area contributed by atoms with Gasteiger partial charge in [-0.1, -0.05) is 66.4 Å². The molecule has 1 saturated heterocycles. The number of aliphatic carboxylic acids is 1. The van der Waals surface area contributed by atoms with Crippen LogP contribution in [0.25, 0.3) is 22.8 Å². The summed E-state index contributed by atoms with van der Waals surface area (Å²) in [6.07, 6.45) is 7.44. The lowest BCUT2D eigenvalue weighted by molar-refractivity contribution is -0.156. The van der Waals surface area contributed by atoms with Gasteiger partial charge < -0.3 is 25.8 Å². The van der Waals surface area contributed by atoms with Gasteiger partial charge in [-0.2, -0.15) is 4.98 Å². The van der Waals surface area contributed by atoms with Crippen molar-refractivity contribution in [2.45, 2.75) is 110 Å². The van der Waals surface area contributed by atoms with E-state index in [0.717, 1.165) is 41.3 Å². The Morgan fingerprint density at radius 3 is 2.04 bits per heavy atom. The molecule has 260 valence electrons. The summed E-state index contributed by atoms with van der Waals surface area (Å²) in [7, 11) is 1.56. The van der Waals surface area contributed by atoms with E-state index in [2.05, 4.69) is 33.2 Å². The average molecular weight is 670 g/mol. The lowest BCUT2D eigenvalue weighted by Crippen LogP contribution is -2.46. The normalized spacial score (nSPS) is 17.2. The van der Waals surface area contributed by atoms with Crippen molar-refractivity contribution in [1.29, 1.82) is 0 Å². The molecule has 2 aliphatic rings. The van der Waals surface area contributed by atoms with Gasteiger partial charge in [0, 0.05) is 40.9 Å². The van der Waals surface area contributed by atoms with Crippen LogP contribution in [0.4, 0.5) is 0 Å². The number of hydrogen-bond acceptors (Lipinski definition) is 8. The molecule has 2 heterocycles. The maximum Gasteiger partial charge on any atom is 0.312 e. The third-order valence-electron chi connectivity index (χ3n) is 8.02. The molecule has 0 spiro atoms. The Balaban J connectivity index is 0.000000526. The van der Waals surface area contributed by atoms with Crippen molar-refractivity contribution in [2.75, 3.05) is 26.8 Å². The van der Waals surface area contributed by atoms with Crippen molar-refractivity contribution in [3.63, 3.8) is 0 Å². The maximum atomic E-state index is 11.8. The number of halogens is 1. The molecule has 2 fully saturated rings. The summed E-state index contributed by atoms with van der Waals surface area (Å²) in [5.41, 5.74) is 14.0. The van der Waals surface area contributed by atoms with E-state index < -0.39 is 11.4 Å². The van der Waals surface area contributed by atoms with Gasteiger partial charge in [0.25, 0.3) is 5.89 Å². The number of aromatic nitrogens is 2. The zero-order valence-corrected chi connectivity index (χ0v) is 30.2. The number of benzene rings is 2. The van der Waals surface area contributed by atoms with Crippen molar-refractivity contribution in [1.82, 2.24) is 15.0 Å². The minimum atomic E-state index is -0.772. The number of methoxy groups -OCH3 is 1. The Bertz CT molecular complexity index is 1370. The zero-order valence-electron chi connectivity index (χ0n) is 29.4. The number of carboxylic acid groups (broad SMARTS) is 1. The Hall–Kier alpha value is -2.82. The molecule has 5 N–H and O–H groups in total. The predicted octanol–water partition coefficient (Wildman–Crippen LogP) is 7.91. The molecule has 1 aliphatic heterocycles. The van der Waals surface area contributed by atoms with E-state index in [0.29, 0.717) is 30.5 Å². The lowest BCUT2D eigenvalue weighted by Gasteiger charge is -2.38. The van der Waals surface area contributed by atoms with E-state index in [4.69, 9.17) is 32.3 Å². The first kappa shape index (κ1) is 38.6. The molecule has 0 amide bonds. The largest absolute Gasteiger partial charge is 0.481 e.